The Kier molecular flexibility index (Phi) is 3.85. The minimum Gasteiger partial charge on any atom is -0.399 e. The molecule has 3 nitrogen and oxygen atoms in total. The summed E-state index contributed by atoms with van der Waals surface area (Å²) >= 11 is 0. The first-order valence-corrected chi connectivity index (χ1v) is 6.00. The van der Waals surface area contributed by atoms with Crippen LogP contribution in [0, 0.1) is 0 Å². The topological polar surface area (TPSA) is 72.3 Å². The second kappa shape index (κ2) is 5.56. The Morgan fingerprint density at radius 1 is 0.833 bits per heavy atom. The number of benzene rings is 2. The Morgan fingerprint density at radius 2 is 1.28 bits per heavy atom. The summed E-state index contributed by atoms with van der Waals surface area (Å²) in [4.78, 5) is 0. The lowest BCUT2D eigenvalue weighted by Crippen LogP contribution is -2.14. The van der Waals surface area contributed by atoms with Crippen LogP contribution < -0.4 is 11.5 Å². The van der Waals surface area contributed by atoms with E-state index in [1.54, 1.807) is 0 Å². The van der Waals surface area contributed by atoms with Gasteiger partial charge in [0.25, 0.3) is 0 Å². The highest BCUT2D eigenvalue weighted by Gasteiger charge is 2.07. The average Bonchev–Trinajstić information content (AvgIpc) is 2.28. The quantitative estimate of drug-likeness (QED) is 0.718. The van der Waals surface area contributed by atoms with Gasteiger partial charge < -0.3 is 16.6 Å². The molecule has 2 aromatic rings. The number of nitrogen functional groups attached to an aromatic ring is 2. The van der Waals surface area contributed by atoms with E-state index in [9.17, 15) is 5.11 Å². The van der Waals surface area contributed by atoms with Crippen LogP contribution in [0.15, 0.2) is 48.5 Å². The van der Waals surface area contributed by atoms with E-state index in [4.69, 9.17) is 11.5 Å². The summed E-state index contributed by atoms with van der Waals surface area (Å²) in [5.41, 5.74) is 15.0. The Labute approximate surface area is 107 Å². The molecule has 0 aromatic heterocycles. The summed E-state index contributed by atoms with van der Waals surface area (Å²) in [7, 11) is 0. The van der Waals surface area contributed by atoms with Crippen LogP contribution in [0.3, 0.4) is 0 Å². The van der Waals surface area contributed by atoms with E-state index in [-0.39, 0.29) is 0 Å². The summed E-state index contributed by atoms with van der Waals surface area (Å²) in [6.07, 6.45) is 0.772. The molecule has 0 aliphatic carbocycles. The lowest BCUT2D eigenvalue weighted by atomic mass is 10.0. The highest BCUT2D eigenvalue weighted by molar-refractivity contribution is 5.42. The molecule has 0 radical (unpaired) electrons. The molecule has 0 bridgehead atoms. The number of anilines is 2. The molecule has 18 heavy (non-hydrogen) atoms. The molecule has 5 N–H and O–H groups in total. The van der Waals surface area contributed by atoms with Crippen molar-refractivity contribution >= 4 is 11.4 Å². The molecule has 0 aliphatic rings. The summed E-state index contributed by atoms with van der Waals surface area (Å²) in [6, 6.07) is 15.2. The van der Waals surface area contributed by atoms with Gasteiger partial charge in [0.1, 0.15) is 0 Å². The Balaban J connectivity index is 1.98. The van der Waals surface area contributed by atoms with Gasteiger partial charge in [-0.2, -0.15) is 0 Å². The molecule has 0 atom stereocenters. The number of rotatable bonds is 4. The van der Waals surface area contributed by atoms with Gasteiger partial charge >= 0.3 is 0 Å². The van der Waals surface area contributed by atoms with Gasteiger partial charge in [0.05, 0.1) is 6.10 Å². The van der Waals surface area contributed by atoms with Crippen LogP contribution in [0.25, 0.3) is 0 Å². The van der Waals surface area contributed by atoms with Gasteiger partial charge in [-0.3, -0.25) is 0 Å². The summed E-state index contributed by atoms with van der Waals surface area (Å²) < 4.78 is 0. The molecule has 2 aromatic carbocycles. The van der Waals surface area contributed by atoms with Crippen molar-refractivity contribution in [3.05, 3.63) is 59.7 Å². The van der Waals surface area contributed by atoms with E-state index < -0.39 is 6.10 Å². The monoisotopic (exact) mass is 242 g/mol. The fraction of sp³-hybridized carbons (Fsp3) is 0.200. The van der Waals surface area contributed by atoms with E-state index in [1.165, 1.54) is 0 Å². The smallest absolute Gasteiger partial charge is 0.0620 e. The van der Waals surface area contributed by atoms with Crippen molar-refractivity contribution in [1.29, 1.82) is 0 Å². The van der Waals surface area contributed by atoms with Crippen molar-refractivity contribution in [2.45, 2.75) is 18.9 Å². The minimum absolute atomic E-state index is 0.423. The van der Waals surface area contributed by atoms with Gasteiger partial charge in [0.15, 0.2) is 0 Å². The zero-order valence-corrected chi connectivity index (χ0v) is 10.2. The second-order valence-corrected chi connectivity index (χ2v) is 4.55. The van der Waals surface area contributed by atoms with Crippen molar-refractivity contribution < 1.29 is 5.11 Å². The van der Waals surface area contributed by atoms with Crippen LogP contribution in [-0.2, 0) is 12.8 Å². The summed E-state index contributed by atoms with van der Waals surface area (Å²) in [5, 5.41) is 10.1. The average molecular weight is 242 g/mol. The zero-order valence-electron chi connectivity index (χ0n) is 10.2. The molecule has 0 heterocycles. The standard InChI is InChI=1S/C15H18N2O/c16-13-5-1-3-11(7-13)9-15(18)10-12-4-2-6-14(17)8-12/h1-8,15,18H,9-10,16-17H2. The predicted octanol–water partition coefficient (Wildman–Crippen LogP) is 2.00. The maximum atomic E-state index is 10.1. The van der Waals surface area contributed by atoms with Crippen molar-refractivity contribution in [2.75, 3.05) is 11.5 Å². The van der Waals surface area contributed by atoms with Crippen LogP contribution in [0.4, 0.5) is 11.4 Å². The fourth-order valence-corrected chi connectivity index (χ4v) is 2.06. The van der Waals surface area contributed by atoms with E-state index in [0.29, 0.717) is 12.8 Å². The molecule has 94 valence electrons. The Hall–Kier alpha value is -2.00. The Morgan fingerprint density at radius 3 is 1.67 bits per heavy atom. The van der Waals surface area contributed by atoms with Crippen molar-refractivity contribution in [3.8, 4) is 0 Å². The molecule has 0 spiro atoms. The molecular formula is C15H18N2O. The minimum atomic E-state index is -0.423. The largest absolute Gasteiger partial charge is 0.399 e. The number of nitrogens with two attached hydrogens (primary N) is 2. The molecule has 0 saturated heterocycles. The number of hydrogen-bond acceptors (Lipinski definition) is 3. The third kappa shape index (κ3) is 3.50. The molecule has 2 rings (SSSR count). The summed E-state index contributed by atoms with van der Waals surface area (Å²) in [6.45, 7) is 0. The molecule has 0 saturated carbocycles. The molecule has 0 amide bonds. The first-order chi connectivity index (χ1) is 8.63. The van der Waals surface area contributed by atoms with E-state index in [1.807, 2.05) is 48.5 Å². The predicted molar refractivity (Wildman–Crippen MR) is 75.1 cm³/mol. The lowest BCUT2D eigenvalue weighted by molar-refractivity contribution is 0.175. The van der Waals surface area contributed by atoms with Crippen molar-refractivity contribution in [1.82, 2.24) is 0 Å². The van der Waals surface area contributed by atoms with E-state index in [2.05, 4.69) is 0 Å². The molecule has 0 fully saturated rings. The maximum Gasteiger partial charge on any atom is 0.0620 e. The normalized spacial score (nSPS) is 10.8. The van der Waals surface area contributed by atoms with Gasteiger partial charge in [0, 0.05) is 11.4 Å². The highest BCUT2D eigenvalue weighted by Crippen LogP contribution is 2.13. The SMILES string of the molecule is Nc1cccc(CC(O)Cc2cccc(N)c2)c1. The van der Waals surface area contributed by atoms with Crippen LogP contribution in [-0.4, -0.2) is 11.2 Å². The van der Waals surface area contributed by atoms with Crippen LogP contribution in [0.1, 0.15) is 11.1 Å². The first-order valence-electron chi connectivity index (χ1n) is 6.00. The van der Waals surface area contributed by atoms with Gasteiger partial charge in [-0.15, -0.1) is 0 Å². The van der Waals surface area contributed by atoms with Crippen LogP contribution >= 0.6 is 0 Å². The molecular weight excluding hydrogens is 224 g/mol. The lowest BCUT2D eigenvalue weighted by Gasteiger charge is -2.11. The van der Waals surface area contributed by atoms with Crippen LogP contribution in [0.5, 0.6) is 0 Å². The van der Waals surface area contributed by atoms with Gasteiger partial charge in [0.2, 0.25) is 0 Å². The van der Waals surface area contributed by atoms with Crippen LogP contribution in [0.2, 0.25) is 0 Å². The highest BCUT2D eigenvalue weighted by atomic mass is 16.3. The number of aliphatic hydroxyl groups excluding tert-OH is 1. The number of hydrogen-bond donors (Lipinski definition) is 3. The summed E-state index contributed by atoms with van der Waals surface area (Å²) in [5.74, 6) is 0. The first kappa shape index (κ1) is 12.5. The van der Waals surface area contributed by atoms with Crippen molar-refractivity contribution in [3.63, 3.8) is 0 Å². The van der Waals surface area contributed by atoms with Crippen molar-refractivity contribution in [2.24, 2.45) is 0 Å². The van der Waals surface area contributed by atoms with E-state index in [0.717, 1.165) is 22.5 Å². The van der Waals surface area contributed by atoms with Gasteiger partial charge in [-0.25, -0.2) is 0 Å². The number of aliphatic hydroxyl groups is 1. The van der Waals surface area contributed by atoms with Gasteiger partial charge in [-0.05, 0) is 48.2 Å². The Bertz CT molecular complexity index is 478. The maximum absolute atomic E-state index is 10.1. The third-order valence-corrected chi connectivity index (χ3v) is 2.84. The van der Waals surface area contributed by atoms with Gasteiger partial charge in [-0.1, -0.05) is 24.3 Å². The molecule has 0 aliphatic heterocycles. The zero-order chi connectivity index (χ0) is 13.0. The molecule has 0 unspecified atom stereocenters. The fourth-order valence-electron chi connectivity index (χ4n) is 2.06. The molecule has 3 heteroatoms. The second-order valence-electron chi connectivity index (χ2n) is 4.55. The van der Waals surface area contributed by atoms with E-state index >= 15 is 0 Å². The third-order valence-electron chi connectivity index (χ3n) is 2.84.